The molecule has 0 amide bonds. The van der Waals surface area contributed by atoms with Gasteiger partial charge in [0.15, 0.2) is 0 Å². The molecular weight excluding hydrogens is 546 g/mol. The van der Waals surface area contributed by atoms with Crippen LogP contribution in [0.25, 0.3) is 0 Å². The summed E-state index contributed by atoms with van der Waals surface area (Å²) in [5.74, 6) is 0. The second-order valence-electron chi connectivity index (χ2n) is 14.8. The number of pyridine rings is 2. The summed E-state index contributed by atoms with van der Waals surface area (Å²) in [6.07, 6.45) is 3.60. The Morgan fingerprint density at radius 2 is 1.00 bits per heavy atom. The molecule has 0 spiro atoms. The smallest absolute Gasteiger partial charge is 0.238 e. The van der Waals surface area contributed by atoms with Crippen LogP contribution < -0.4 is 5.14 Å². The SMILES string of the molecule is CC(C)(C)c1ccc(C(C)(C)O)nc1.CC(C)(C)c1ccc(S(N)(=O)=O)cc1.CC(C)(C)c1ccnc(C(C)(C)O)c1. The molecule has 0 aliphatic heterocycles. The first-order valence-electron chi connectivity index (χ1n) is 14.2. The molecule has 3 rings (SSSR count). The zero-order valence-corrected chi connectivity index (χ0v) is 28.7. The van der Waals surface area contributed by atoms with Crippen LogP contribution in [0.2, 0.25) is 0 Å². The van der Waals surface area contributed by atoms with E-state index in [9.17, 15) is 18.6 Å². The average Bonchev–Trinajstić information content (AvgIpc) is 2.82. The molecular formula is C34H53N3O4S. The minimum atomic E-state index is -3.57. The van der Waals surface area contributed by atoms with Gasteiger partial charge in [-0.2, -0.15) is 0 Å². The molecule has 0 unspecified atom stereocenters. The normalized spacial score (nSPS) is 13.0. The highest BCUT2D eigenvalue weighted by atomic mass is 32.2. The van der Waals surface area contributed by atoms with E-state index in [0.29, 0.717) is 5.69 Å². The fourth-order valence-electron chi connectivity index (χ4n) is 3.58. The number of nitrogens with two attached hydrogens (primary N) is 1. The van der Waals surface area contributed by atoms with Gasteiger partial charge in [0.05, 0.1) is 16.3 Å². The van der Waals surface area contributed by atoms with E-state index in [4.69, 9.17) is 5.14 Å². The van der Waals surface area contributed by atoms with Gasteiger partial charge in [-0.3, -0.25) is 9.97 Å². The molecule has 0 atom stereocenters. The second kappa shape index (κ2) is 13.3. The highest BCUT2D eigenvalue weighted by Crippen LogP contribution is 2.26. The first-order valence-corrected chi connectivity index (χ1v) is 15.7. The number of nitrogens with zero attached hydrogens (tertiary/aromatic N) is 2. The number of primary sulfonamides is 1. The third kappa shape index (κ3) is 12.3. The van der Waals surface area contributed by atoms with E-state index in [0.717, 1.165) is 11.3 Å². The summed E-state index contributed by atoms with van der Waals surface area (Å²) in [5, 5.41) is 24.5. The molecule has 7 nitrogen and oxygen atoms in total. The number of hydrogen-bond acceptors (Lipinski definition) is 6. The molecule has 3 aromatic rings. The molecule has 0 fully saturated rings. The molecule has 1 aromatic carbocycles. The number of rotatable bonds is 3. The van der Waals surface area contributed by atoms with Crippen LogP contribution in [0.4, 0.5) is 0 Å². The topological polar surface area (TPSA) is 126 Å². The van der Waals surface area contributed by atoms with Gasteiger partial charge in [0, 0.05) is 12.4 Å². The van der Waals surface area contributed by atoms with Crippen molar-refractivity contribution in [2.45, 2.75) is 122 Å². The van der Waals surface area contributed by atoms with Crippen molar-refractivity contribution in [1.29, 1.82) is 0 Å². The van der Waals surface area contributed by atoms with Crippen molar-refractivity contribution in [3.05, 3.63) is 89.0 Å². The molecule has 8 heteroatoms. The largest absolute Gasteiger partial charge is 0.384 e. The highest BCUT2D eigenvalue weighted by Gasteiger charge is 2.22. The van der Waals surface area contributed by atoms with Crippen molar-refractivity contribution in [3.8, 4) is 0 Å². The first kappa shape index (κ1) is 37.4. The van der Waals surface area contributed by atoms with E-state index in [1.807, 2.05) is 30.5 Å². The van der Waals surface area contributed by atoms with Crippen molar-refractivity contribution in [2.24, 2.45) is 5.14 Å². The molecule has 0 saturated heterocycles. The molecule has 0 aliphatic carbocycles. The summed E-state index contributed by atoms with van der Waals surface area (Å²) >= 11 is 0. The van der Waals surface area contributed by atoms with E-state index >= 15 is 0 Å². The Bertz CT molecular complexity index is 1320. The minimum Gasteiger partial charge on any atom is -0.384 e. The van der Waals surface area contributed by atoms with Gasteiger partial charge >= 0.3 is 0 Å². The van der Waals surface area contributed by atoms with Crippen molar-refractivity contribution < 1.29 is 18.6 Å². The number of benzene rings is 1. The van der Waals surface area contributed by atoms with Crippen molar-refractivity contribution in [1.82, 2.24) is 9.97 Å². The van der Waals surface area contributed by atoms with Gasteiger partial charge in [-0.15, -0.1) is 0 Å². The lowest BCUT2D eigenvalue weighted by atomic mass is 9.86. The van der Waals surface area contributed by atoms with Gasteiger partial charge in [-0.1, -0.05) is 80.5 Å². The van der Waals surface area contributed by atoms with Crippen LogP contribution in [0.5, 0.6) is 0 Å². The summed E-state index contributed by atoms with van der Waals surface area (Å²) in [6, 6.07) is 14.5. The van der Waals surface area contributed by atoms with Crippen molar-refractivity contribution in [2.75, 3.05) is 0 Å². The van der Waals surface area contributed by atoms with Crippen molar-refractivity contribution >= 4 is 10.0 Å². The Hall–Kier alpha value is -2.65. The molecule has 0 aliphatic rings. The Labute approximate surface area is 254 Å². The molecule has 2 heterocycles. The van der Waals surface area contributed by atoms with Gasteiger partial charge in [-0.25, -0.2) is 13.6 Å². The highest BCUT2D eigenvalue weighted by molar-refractivity contribution is 7.89. The molecule has 0 radical (unpaired) electrons. The number of aromatic nitrogens is 2. The van der Waals surface area contributed by atoms with Crippen LogP contribution in [0.1, 0.15) is 118 Å². The van der Waals surface area contributed by atoms with Crippen molar-refractivity contribution in [3.63, 3.8) is 0 Å². The molecule has 234 valence electrons. The van der Waals surface area contributed by atoms with Crippen LogP contribution in [-0.4, -0.2) is 28.6 Å². The summed E-state index contributed by atoms with van der Waals surface area (Å²) in [6.45, 7) is 26.1. The zero-order chi connectivity index (χ0) is 32.9. The van der Waals surface area contributed by atoms with Crippen LogP contribution in [0, 0.1) is 0 Å². The second-order valence-corrected chi connectivity index (χ2v) is 16.4. The fourth-order valence-corrected chi connectivity index (χ4v) is 4.09. The summed E-state index contributed by atoms with van der Waals surface area (Å²) in [7, 11) is -3.57. The number of aliphatic hydroxyl groups is 2. The van der Waals surface area contributed by atoms with Crippen LogP contribution in [0.3, 0.4) is 0 Å². The third-order valence-electron chi connectivity index (χ3n) is 6.56. The average molecular weight is 600 g/mol. The van der Waals surface area contributed by atoms with E-state index in [-0.39, 0.29) is 21.1 Å². The first-order chi connectivity index (χ1) is 18.6. The maximum atomic E-state index is 11.0. The van der Waals surface area contributed by atoms with E-state index in [1.54, 1.807) is 46.0 Å². The lowest BCUT2D eigenvalue weighted by Gasteiger charge is -2.22. The van der Waals surface area contributed by atoms with Crippen LogP contribution in [-0.2, 0) is 37.5 Å². The van der Waals surface area contributed by atoms with Gasteiger partial charge in [0.25, 0.3) is 0 Å². The van der Waals surface area contributed by atoms with Crippen LogP contribution in [0.15, 0.2) is 65.8 Å². The maximum Gasteiger partial charge on any atom is 0.238 e. The number of hydrogen-bond donors (Lipinski definition) is 3. The molecule has 4 N–H and O–H groups in total. The van der Waals surface area contributed by atoms with E-state index in [1.165, 1.54) is 23.3 Å². The van der Waals surface area contributed by atoms with Gasteiger partial charge in [0.1, 0.15) is 11.2 Å². The maximum absolute atomic E-state index is 11.0. The minimum absolute atomic E-state index is 0.0247. The Morgan fingerprint density at radius 3 is 1.33 bits per heavy atom. The Morgan fingerprint density at radius 1 is 0.571 bits per heavy atom. The van der Waals surface area contributed by atoms with Crippen LogP contribution >= 0.6 is 0 Å². The number of sulfonamides is 1. The lowest BCUT2D eigenvalue weighted by Crippen LogP contribution is -2.20. The van der Waals surface area contributed by atoms with Gasteiger partial charge in [-0.05, 0) is 91.0 Å². The van der Waals surface area contributed by atoms with Gasteiger partial charge in [0.2, 0.25) is 10.0 Å². The molecule has 0 saturated carbocycles. The monoisotopic (exact) mass is 599 g/mol. The fraction of sp³-hybridized carbons (Fsp3) is 0.529. The standard InChI is InChI=1S/2C12H19NO.C10H15NO2S/c1-11(2,3)9-6-7-13-10(8-9)12(4,5)14;1-11(2,3)9-6-7-10(13-8-9)12(4,5)14;1-10(2,3)8-4-6-9(7-5-8)14(11,12)13/h2*6-8,14H,1-5H3;4-7H,1-3H3,(H2,11,12,13). The Balaban J connectivity index is 0.000000315. The predicted octanol–water partition coefficient (Wildman–Crippen LogP) is 6.84. The van der Waals surface area contributed by atoms with Gasteiger partial charge < -0.3 is 10.2 Å². The summed E-state index contributed by atoms with van der Waals surface area (Å²) in [4.78, 5) is 8.60. The summed E-state index contributed by atoms with van der Waals surface area (Å²) in [5.41, 5.74) is 3.44. The van der Waals surface area contributed by atoms with E-state index < -0.39 is 21.2 Å². The Kier molecular flexibility index (Phi) is 11.9. The molecule has 2 aromatic heterocycles. The quantitative estimate of drug-likeness (QED) is 0.302. The molecule has 42 heavy (non-hydrogen) atoms. The zero-order valence-electron chi connectivity index (χ0n) is 27.9. The van der Waals surface area contributed by atoms with E-state index in [2.05, 4.69) is 72.3 Å². The predicted molar refractivity (Wildman–Crippen MR) is 173 cm³/mol. The summed E-state index contributed by atoms with van der Waals surface area (Å²) < 4.78 is 21.9. The third-order valence-corrected chi connectivity index (χ3v) is 7.49. The molecule has 0 bridgehead atoms. The lowest BCUT2D eigenvalue weighted by molar-refractivity contribution is 0.0732.